The number of nitrogens with two attached hydrogens (primary N) is 1. The molecular formula is C9H20N2OS. The van der Waals surface area contributed by atoms with Crippen molar-refractivity contribution in [3.8, 4) is 0 Å². The van der Waals surface area contributed by atoms with Crippen molar-refractivity contribution >= 4 is 17.7 Å². The summed E-state index contributed by atoms with van der Waals surface area (Å²) in [6.07, 6.45) is 1.21. The van der Waals surface area contributed by atoms with E-state index < -0.39 is 0 Å². The van der Waals surface area contributed by atoms with Crippen LogP contribution in [0.1, 0.15) is 27.2 Å². The molecule has 3 nitrogen and oxygen atoms in total. The van der Waals surface area contributed by atoms with Crippen LogP contribution in [0.25, 0.3) is 0 Å². The molecule has 0 aliphatic heterocycles. The monoisotopic (exact) mass is 204 g/mol. The fraction of sp³-hybridized carbons (Fsp3) is 0.889. The Hall–Kier alpha value is -0.220. The first-order chi connectivity index (χ1) is 6.07. The minimum absolute atomic E-state index is 0.0159. The molecule has 0 aliphatic carbocycles. The van der Waals surface area contributed by atoms with Gasteiger partial charge in [-0.2, -0.15) is 11.8 Å². The van der Waals surface area contributed by atoms with Crippen molar-refractivity contribution in [3.63, 3.8) is 0 Å². The van der Waals surface area contributed by atoms with E-state index in [9.17, 15) is 4.79 Å². The first kappa shape index (κ1) is 12.8. The third-order valence-corrected chi connectivity index (χ3v) is 3.06. The maximum absolute atomic E-state index is 11.0. The lowest BCUT2D eigenvalue weighted by Gasteiger charge is -2.09. The number of amides is 1. The van der Waals surface area contributed by atoms with Gasteiger partial charge >= 0.3 is 0 Å². The van der Waals surface area contributed by atoms with Crippen LogP contribution < -0.4 is 11.3 Å². The van der Waals surface area contributed by atoms with Crippen molar-refractivity contribution in [2.24, 2.45) is 17.7 Å². The van der Waals surface area contributed by atoms with Crippen LogP contribution in [-0.2, 0) is 4.79 Å². The van der Waals surface area contributed by atoms with Crippen molar-refractivity contribution in [1.82, 2.24) is 5.43 Å². The van der Waals surface area contributed by atoms with E-state index in [2.05, 4.69) is 19.3 Å². The molecule has 0 aromatic heterocycles. The summed E-state index contributed by atoms with van der Waals surface area (Å²) < 4.78 is 0. The SMILES string of the molecule is CC(C)CCSCC(C)C(=O)NN. The Labute approximate surface area is 84.8 Å². The fourth-order valence-electron chi connectivity index (χ4n) is 0.797. The summed E-state index contributed by atoms with van der Waals surface area (Å²) in [5.74, 6) is 7.68. The molecule has 1 unspecified atom stereocenters. The number of carbonyl (C=O) groups is 1. The molecule has 3 N–H and O–H groups in total. The highest BCUT2D eigenvalue weighted by molar-refractivity contribution is 7.99. The van der Waals surface area contributed by atoms with Crippen LogP contribution in [0.3, 0.4) is 0 Å². The largest absolute Gasteiger partial charge is 0.294 e. The van der Waals surface area contributed by atoms with Crippen molar-refractivity contribution in [3.05, 3.63) is 0 Å². The van der Waals surface area contributed by atoms with Crippen molar-refractivity contribution < 1.29 is 4.79 Å². The molecule has 78 valence electrons. The van der Waals surface area contributed by atoms with Gasteiger partial charge in [-0.15, -0.1) is 0 Å². The highest BCUT2D eigenvalue weighted by Gasteiger charge is 2.10. The lowest BCUT2D eigenvalue weighted by molar-refractivity contribution is -0.123. The second-order valence-electron chi connectivity index (χ2n) is 3.67. The topological polar surface area (TPSA) is 55.1 Å². The zero-order chi connectivity index (χ0) is 10.3. The normalized spacial score (nSPS) is 13.0. The van der Waals surface area contributed by atoms with E-state index in [4.69, 9.17) is 5.84 Å². The lowest BCUT2D eigenvalue weighted by atomic mass is 10.2. The molecule has 13 heavy (non-hydrogen) atoms. The maximum atomic E-state index is 11.0. The minimum Gasteiger partial charge on any atom is -0.294 e. The van der Waals surface area contributed by atoms with E-state index in [-0.39, 0.29) is 11.8 Å². The average molecular weight is 204 g/mol. The average Bonchev–Trinajstić information content (AvgIpc) is 2.10. The van der Waals surface area contributed by atoms with Gasteiger partial charge in [-0.25, -0.2) is 5.84 Å². The summed E-state index contributed by atoms with van der Waals surface area (Å²) in [5, 5.41) is 0. The van der Waals surface area contributed by atoms with Gasteiger partial charge in [0.25, 0.3) is 0 Å². The Morgan fingerprint density at radius 2 is 2.08 bits per heavy atom. The number of hydrazine groups is 1. The zero-order valence-corrected chi connectivity index (χ0v) is 9.49. The number of hydrogen-bond donors (Lipinski definition) is 2. The molecule has 1 atom stereocenters. The highest BCUT2D eigenvalue weighted by atomic mass is 32.2. The van der Waals surface area contributed by atoms with Crippen molar-refractivity contribution in [1.29, 1.82) is 0 Å². The van der Waals surface area contributed by atoms with Crippen molar-refractivity contribution in [2.75, 3.05) is 11.5 Å². The quantitative estimate of drug-likeness (QED) is 0.297. The maximum Gasteiger partial charge on any atom is 0.237 e. The Morgan fingerprint density at radius 1 is 1.46 bits per heavy atom. The predicted molar refractivity (Wildman–Crippen MR) is 58.3 cm³/mol. The second-order valence-corrected chi connectivity index (χ2v) is 4.82. The van der Waals surface area contributed by atoms with Crippen LogP contribution in [0, 0.1) is 11.8 Å². The molecule has 0 rings (SSSR count). The summed E-state index contributed by atoms with van der Waals surface area (Å²) in [6, 6.07) is 0. The Morgan fingerprint density at radius 3 is 2.54 bits per heavy atom. The summed E-state index contributed by atoms with van der Waals surface area (Å²) in [4.78, 5) is 11.0. The van der Waals surface area contributed by atoms with Gasteiger partial charge in [0.2, 0.25) is 5.91 Å². The smallest absolute Gasteiger partial charge is 0.237 e. The van der Waals surface area contributed by atoms with Crippen LogP contribution in [0.15, 0.2) is 0 Å². The van der Waals surface area contributed by atoms with Crippen LogP contribution in [0.2, 0.25) is 0 Å². The van der Waals surface area contributed by atoms with Gasteiger partial charge in [-0.3, -0.25) is 10.2 Å². The van der Waals surface area contributed by atoms with Gasteiger partial charge in [0.1, 0.15) is 0 Å². The van der Waals surface area contributed by atoms with Crippen LogP contribution >= 0.6 is 11.8 Å². The van der Waals surface area contributed by atoms with Gasteiger partial charge in [0, 0.05) is 11.7 Å². The molecule has 0 spiro atoms. The molecule has 1 amide bonds. The van der Waals surface area contributed by atoms with E-state index in [1.807, 2.05) is 18.7 Å². The fourth-order valence-corrected chi connectivity index (χ4v) is 2.11. The lowest BCUT2D eigenvalue weighted by Crippen LogP contribution is -2.35. The van der Waals surface area contributed by atoms with E-state index in [0.717, 1.165) is 17.4 Å². The van der Waals surface area contributed by atoms with E-state index in [1.165, 1.54) is 6.42 Å². The molecule has 0 aromatic carbocycles. The highest BCUT2D eigenvalue weighted by Crippen LogP contribution is 2.12. The third kappa shape index (κ3) is 6.90. The Kier molecular flexibility index (Phi) is 7.09. The molecule has 0 saturated carbocycles. The summed E-state index contributed by atoms with van der Waals surface area (Å²) in [7, 11) is 0. The van der Waals surface area contributed by atoms with Gasteiger partial charge < -0.3 is 0 Å². The summed E-state index contributed by atoms with van der Waals surface area (Å²) >= 11 is 1.82. The second kappa shape index (κ2) is 7.21. The summed E-state index contributed by atoms with van der Waals surface area (Å²) in [5.41, 5.74) is 2.16. The van der Waals surface area contributed by atoms with Crippen LogP contribution in [-0.4, -0.2) is 17.4 Å². The molecule has 4 heteroatoms. The first-order valence-corrected chi connectivity index (χ1v) is 5.81. The number of carbonyl (C=O) groups excluding carboxylic acids is 1. The molecule has 0 heterocycles. The van der Waals surface area contributed by atoms with E-state index in [0.29, 0.717) is 0 Å². The van der Waals surface area contributed by atoms with Gasteiger partial charge in [0.05, 0.1) is 0 Å². The Bertz CT molecular complexity index is 151. The number of nitrogens with one attached hydrogen (secondary N) is 1. The zero-order valence-electron chi connectivity index (χ0n) is 8.67. The van der Waals surface area contributed by atoms with Crippen LogP contribution in [0.4, 0.5) is 0 Å². The Balaban J connectivity index is 3.37. The van der Waals surface area contributed by atoms with Gasteiger partial charge in [0.15, 0.2) is 0 Å². The number of rotatable bonds is 6. The van der Waals surface area contributed by atoms with Crippen LogP contribution in [0.5, 0.6) is 0 Å². The van der Waals surface area contributed by atoms with E-state index >= 15 is 0 Å². The molecule has 0 saturated heterocycles. The molecule has 0 aromatic rings. The molecule has 0 radical (unpaired) electrons. The first-order valence-electron chi connectivity index (χ1n) is 4.66. The molecular weight excluding hydrogens is 184 g/mol. The molecule has 0 aliphatic rings. The van der Waals surface area contributed by atoms with Crippen molar-refractivity contribution in [2.45, 2.75) is 27.2 Å². The number of hydrogen-bond acceptors (Lipinski definition) is 3. The molecule has 0 fully saturated rings. The van der Waals surface area contributed by atoms with Gasteiger partial charge in [-0.1, -0.05) is 20.8 Å². The minimum atomic E-state index is -0.0722. The predicted octanol–water partition coefficient (Wildman–Crippen LogP) is 1.39. The van der Waals surface area contributed by atoms with Gasteiger partial charge in [-0.05, 0) is 18.1 Å². The summed E-state index contributed by atoms with van der Waals surface area (Å²) in [6.45, 7) is 6.30. The standard InChI is InChI=1S/C9H20N2OS/c1-7(2)4-5-13-6-8(3)9(12)11-10/h7-8H,4-6,10H2,1-3H3,(H,11,12). The number of thioether (sulfide) groups is 1. The van der Waals surface area contributed by atoms with E-state index in [1.54, 1.807) is 0 Å². The third-order valence-electron chi connectivity index (χ3n) is 1.80. The molecule has 0 bridgehead atoms.